The maximum atomic E-state index is 6.08. The highest BCUT2D eigenvalue weighted by Gasteiger charge is 2.14. The smallest absolute Gasteiger partial charge is 0.108 e. The summed E-state index contributed by atoms with van der Waals surface area (Å²) >= 11 is 0. The van der Waals surface area contributed by atoms with Gasteiger partial charge < -0.3 is 9.47 Å². The van der Waals surface area contributed by atoms with Crippen molar-refractivity contribution < 1.29 is 9.47 Å². The van der Waals surface area contributed by atoms with Crippen LogP contribution in [0.5, 0.6) is 0 Å². The van der Waals surface area contributed by atoms with Crippen molar-refractivity contribution in [2.75, 3.05) is 20.3 Å². The highest BCUT2D eigenvalue weighted by Crippen LogP contribution is 2.28. The number of benzene rings is 3. The fraction of sp³-hybridized carbons (Fsp3) is 0.200. The molecule has 0 aliphatic rings. The zero-order valence-corrected chi connectivity index (χ0v) is 12.7. The number of hydrogen-bond donors (Lipinski definition) is 0. The Bertz CT molecular complexity index is 722. The first-order valence-corrected chi connectivity index (χ1v) is 7.52. The minimum absolute atomic E-state index is 0.0686. The van der Waals surface area contributed by atoms with Crippen LogP contribution in [-0.4, -0.2) is 20.3 Å². The van der Waals surface area contributed by atoms with Gasteiger partial charge in [0.1, 0.15) is 6.10 Å². The molecule has 112 valence electrons. The second-order valence-corrected chi connectivity index (χ2v) is 5.26. The van der Waals surface area contributed by atoms with E-state index in [0.29, 0.717) is 13.2 Å². The Morgan fingerprint density at radius 3 is 2.23 bits per heavy atom. The fourth-order valence-corrected chi connectivity index (χ4v) is 2.63. The number of ether oxygens (including phenoxy) is 2. The SMILES string of the molecule is COCCO[C@@H](c1ccccc1)c1ccc2ccccc2c1. The first kappa shape index (κ1) is 14.8. The molecule has 0 amide bonds. The molecule has 0 radical (unpaired) electrons. The molecule has 0 aliphatic heterocycles. The van der Waals surface area contributed by atoms with Crippen LogP contribution >= 0.6 is 0 Å². The van der Waals surface area contributed by atoms with E-state index in [9.17, 15) is 0 Å². The summed E-state index contributed by atoms with van der Waals surface area (Å²) in [5, 5.41) is 2.48. The molecular formula is C20H20O2. The quantitative estimate of drug-likeness (QED) is 0.619. The number of rotatable bonds is 6. The molecule has 2 nitrogen and oxygen atoms in total. The van der Waals surface area contributed by atoms with E-state index < -0.39 is 0 Å². The summed E-state index contributed by atoms with van der Waals surface area (Å²) < 4.78 is 11.2. The summed E-state index contributed by atoms with van der Waals surface area (Å²) in [7, 11) is 1.69. The maximum absolute atomic E-state index is 6.08. The fourth-order valence-electron chi connectivity index (χ4n) is 2.63. The largest absolute Gasteiger partial charge is 0.382 e. The van der Waals surface area contributed by atoms with Crippen molar-refractivity contribution in [1.29, 1.82) is 0 Å². The molecule has 0 spiro atoms. The highest BCUT2D eigenvalue weighted by molar-refractivity contribution is 5.83. The van der Waals surface area contributed by atoms with Gasteiger partial charge in [-0.2, -0.15) is 0 Å². The maximum Gasteiger partial charge on any atom is 0.108 e. The lowest BCUT2D eigenvalue weighted by Crippen LogP contribution is -2.10. The van der Waals surface area contributed by atoms with Crippen LogP contribution in [0.1, 0.15) is 17.2 Å². The molecule has 22 heavy (non-hydrogen) atoms. The third kappa shape index (κ3) is 3.35. The lowest BCUT2D eigenvalue weighted by atomic mass is 9.98. The minimum atomic E-state index is -0.0686. The van der Waals surface area contributed by atoms with E-state index >= 15 is 0 Å². The molecule has 0 bridgehead atoms. The second kappa shape index (κ2) is 7.21. The Hall–Kier alpha value is -2.16. The van der Waals surface area contributed by atoms with Crippen LogP contribution in [0.25, 0.3) is 10.8 Å². The summed E-state index contributed by atoms with van der Waals surface area (Å²) in [6.45, 7) is 1.17. The van der Waals surface area contributed by atoms with Crippen molar-refractivity contribution in [1.82, 2.24) is 0 Å². The van der Waals surface area contributed by atoms with Gasteiger partial charge in [0.25, 0.3) is 0 Å². The zero-order chi connectivity index (χ0) is 15.2. The molecule has 0 N–H and O–H groups in total. The first-order chi connectivity index (χ1) is 10.9. The predicted molar refractivity (Wildman–Crippen MR) is 90.1 cm³/mol. The molecule has 0 unspecified atom stereocenters. The standard InChI is InChI=1S/C20H20O2/c1-21-13-14-22-20(17-8-3-2-4-9-17)19-12-11-16-7-5-6-10-18(16)15-19/h2-12,15,20H,13-14H2,1H3/t20-/m0/s1. The summed E-state index contributed by atoms with van der Waals surface area (Å²) in [5.74, 6) is 0. The van der Waals surface area contributed by atoms with Gasteiger partial charge in [0, 0.05) is 7.11 Å². The normalized spacial score (nSPS) is 12.4. The molecular weight excluding hydrogens is 272 g/mol. The Morgan fingerprint density at radius 2 is 1.45 bits per heavy atom. The lowest BCUT2D eigenvalue weighted by Gasteiger charge is -2.19. The van der Waals surface area contributed by atoms with Gasteiger partial charge in [-0.1, -0.05) is 66.7 Å². The molecule has 3 rings (SSSR count). The van der Waals surface area contributed by atoms with Crippen LogP contribution in [0.2, 0.25) is 0 Å². The molecule has 1 atom stereocenters. The van der Waals surface area contributed by atoms with Gasteiger partial charge in [-0.3, -0.25) is 0 Å². The topological polar surface area (TPSA) is 18.5 Å². The molecule has 0 saturated carbocycles. The molecule has 0 heterocycles. The lowest BCUT2D eigenvalue weighted by molar-refractivity contribution is 0.0356. The average molecular weight is 292 g/mol. The van der Waals surface area contributed by atoms with E-state index in [4.69, 9.17) is 9.47 Å². The van der Waals surface area contributed by atoms with Gasteiger partial charge in [-0.15, -0.1) is 0 Å². The Labute approximate surface area is 131 Å². The third-order valence-corrected chi connectivity index (χ3v) is 3.75. The van der Waals surface area contributed by atoms with Crippen LogP contribution in [-0.2, 0) is 9.47 Å². The number of fused-ring (bicyclic) bond motifs is 1. The summed E-state index contributed by atoms with van der Waals surface area (Å²) in [6, 6.07) is 25.2. The van der Waals surface area contributed by atoms with Gasteiger partial charge in [-0.25, -0.2) is 0 Å². The van der Waals surface area contributed by atoms with Crippen LogP contribution in [0, 0.1) is 0 Å². The zero-order valence-electron chi connectivity index (χ0n) is 12.7. The first-order valence-electron chi connectivity index (χ1n) is 7.52. The van der Waals surface area contributed by atoms with E-state index in [1.807, 2.05) is 18.2 Å². The Morgan fingerprint density at radius 1 is 0.727 bits per heavy atom. The molecule has 3 aromatic carbocycles. The minimum Gasteiger partial charge on any atom is -0.382 e. The van der Waals surface area contributed by atoms with Crippen LogP contribution in [0.15, 0.2) is 72.8 Å². The monoisotopic (exact) mass is 292 g/mol. The molecule has 0 aliphatic carbocycles. The van der Waals surface area contributed by atoms with Gasteiger partial charge in [0.05, 0.1) is 13.2 Å². The van der Waals surface area contributed by atoms with Crippen molar-refractivity contribution in [3.05, 3.63) is 83.9 Å². The van der Waals surface area contributed by atoms with Gasteiger partial charge in [-0.05, 0) is 28.0 Å². The third-order valence-electron chi connectivity index (χ3n) is 3.75. The summed E-state index contributed by atoms with van der Waals surface area (Å²) in [5.41, 5.74) is 2.33. The van der Waals surface area contributed by atoms with Crippen molar-refractivity contribution >= 4 is 10.8 Å². The predicted octanol–water partition coefficient (Wildman–Crippen LogP) is 4.59. The molecule has 0 aromatic heterocycles. The van der Waals surface area contributed by atoms with Gasteiger partial charge >= 0.3 is 0 Å². The summed E-state index contributed by atoms with van der Waals surface area (Å²) in [4.78, 5) is 0. The van der Waals surface area contributed by atoms with E-state index in [1.165, 1.54) is 16.3 Å². The van der Waals surface area contributed by atoms with Crippen LogP contribution < -0.4 is 0 Å². The average Bonchev–Trinajstić information content (AvgIpc) is 2.59. The molecule has 0 fully saturated rings. The van der Waals surface area contributed by atoms with Crippen LogP contribution in [0.4, 0.5) is 0 Å². The number of methoxy groups -OCH3 is 1. The molecule has 3 aromatic rings. The summed E-state index contributed by atoms with van der Waals surface area (Å²) in [6.07, 6.45) is -0.0686. The van der Waals surface area contributed by atoms with Crippen molar-refractivity contribution in [3.8, 4) is 0 Å². The highest BCUT2D eigenvalue weighted by atomic mass is 16.5. The van der Waals surface area contributed by atoms with Crippen molar-refractivity contribution in [2.24, 2.45) is 0 Å². The van der Waals surface area contributed by atoms with E-state index in [2.05, 4.69) is 54.6 Å². The van der Waals surface area contributed by atoms with E-state index in [1.54, 1.807) is 7.11 Å². The van der Waals surface area contributed by atoms with E-state index in [-0.39, 0.29) is 6.10 Å². The van der Waals surface area contributed by atoms with Crippen LogP contribution in [0.3, 0.4) is 0 Å². The molecule has 0 saturated heterocycles. The van der Waals surface area contributed by atoms with E-state index in [0.717, 1.165) is 5.56 Å². The second-order valence-electron chi connectivity index (χ2n) is 5.26. The number of hydrogen-bond acceptors (Lipinski definition) is 2. The van der Waals surface area contributed by atoms with Gasteiger partial charge in [0.2, 0.25) is 0 Å². The molecule has 2 heteroatoms. The Kier molecular flexibility index (Phi) is 4.84. The van der Waals surface area contributed by atoms with Crippen molar-refractivity contribution in [2.45, 2.75) is 6.10 Å². The van der Waals surface area contributed by atoms with Gasteiger partial charge in [0.15, 0.2) is 0 Å². The Balaban J connectivity index is 1.95. The van der Waals surface area contributed by atoms with Crippen molar-refractivity contribution in [3.63, 3.8) is 0 Å².